The van der Waals surface area contributed by atoms with Gasteiger partial charge in [-0.2, -0.15) is 0 Å². The molecule has 0 aliphatic rings. The van der Waals surface area contributed by atoms with Gasteiger partial charge < -0.3 is 0 Å². The van der Waals surface area contributed by atoms with Gasteiger partial charge in [-0.25, -0.2) is 0 Å². The topological polar surface area (TPSA) is 0 Å². The Labute approximate surface area is 214 Å². The summed E-state index contributed by atoms with van der Waals surface area (Å²) >= 11 is 12.8. The molecule has 0 fully saturated rings. The van der Waals surface area contributed by atoms with Crippen LogP contribution in [0.5, 0.6) is 0 Å². The third-order valence-electron chi connectivity index (χ3n) is 0. The zero-order valence-electron chi connectivity index (χ0n) is 18.7. The first-order chi connectivity index (χ1) is 10.2. The van der Waals surface area contributed by atoms with Crippen LogP contribution < -0.4 is 0 Å². The Morgan fingerprint density at radius 2 is 0.458 bits per heavy atom. The van der Waals surface area contributed by atoms with E-state index in [1.807, 2.05) is 0 Å². The molecule has 0 nitrogen and oxygen atoms in total. The van der Waals surface area contributed by atoms with Crippen LogP contribution in [0.15, 0.2) is 0 Å². The third-order valence-corrected chi connectivity index (χ3v) is 0. The predicted molar refractivity (Wildman–Crippen MR) is 125 cm³/mol. The molecule has 0 aromatic rings. The maximum absolute atomic E-state index is 2.47. The summed E-state index contributed by atoms with van der Waals surface area (Å²) < 4.78 is 1.69. The summed E-state index contributed by atoms with van der Waals surface area (Å²) in [5.74, 6) is 0. The van der Waals surface area contributed by atoms with Crippen LogP contribution in [0.3, 0.4) is 0 Å². The zero-order chi connectivity index (χ0) is 21.6. The summed E-state index contributed by atoms with van der Waals surface area (Å²) in [7, 11) is 0. The maximum atomic E-state index is 2.47. The van der Waals surface area contributed by atoms with Crippen molar-refractivity contribution in [2.45, 2.75) is 111 Å². The molecule has 0 heterocycles. The van der Waals surface area contributed by atoms with E-state index in [-0.39, 0.29) is 0 Å². The Morgan fingerprint density at radius 1 is 0.458 bits per heavy atom. The van der Waals surface area contributed by atoms with Crippen LogP contribution >= 0.6 is 0 Å². The molecule has 0 rings (SSSR count). The van der Waals surface area contributed by atoms with Crippen LogP contribution in [0.1, 0.15) is 83.1 Å². The van der Waals surface area contributed by atoms with Crippen molar-refractivity contribution in [1.82, 2.24) is 0 Å². The van der Waals surface area contributed by atoms with Gasteiger partial charge in [-0.05, 0) is 0 Å². The van der Waals surface area contributed by atoms with Crippen LogP contribution in [0.2, 0.25) is 27.5 Å². The fourth-order valence-electron chi connectivity index (χ4n) is 0. The van der Waals surface area contributed by atoms with Crippen LogP contribution in [0, 0.1) is 0 Å². The quantitative estimate of drug-likeness (QED) is 0.278. The molecule has 0 amide bonds. The van der Waals surface area contributed by atoms with E-state index in [0.29, 0.717) is 11.9 Å². The van der Waals surface area contributed by atoms with Gasteiger partial charge in [0.2, 0.25) is 0 Å². The molecule has 0 unspecified atom stereocenters. The first-order valence-corrected chi connectivity index (χ1v) is 16.1. The second-order valence-electron chi connectivity index (χ2n) is 8.05. The van der Waals surface area contributed by atoms with E-state index in [2.05, 4.69) is 134 Å². The van der Waals surface area contributed by atoms with Gasteiger partial charge in [0.15, 0.2) is 0 Å². The molecule has 0 aliphatic carbocycles. The van der Waals surface area contributed by atoms with Crippen molar-refractivity contribution in [3.05, 3.63) is 0 Å². The fourth-order valence-corrected chi connectivity index (χ4v) is 0. The molecule has 0 saturated carbocycles. The molecule has 12 radical (unpaired) electrons. The molecule has 6 heteroatoms. The standard InChI is InChI=1S/3C4H9.3C2H5As.3Ga/c3*1-4(2)3;3*1-2-3;;;/h3*1-3H3;3*2H2,1H3;;;. The normalized spacial score (nSPS) is 9.62. The molecule has 0 saturated heterocycles. The van der Waals surface area contributed by atoms with Crippen molar-refractivity contribution >= 4 is 106 Å². The van der Waals surface area contributed by atoms with Gasteiger partial charge in [-0.1, -0.05) is 0 Å². The molecule has 0 bridgehead atoms. The van der Waals surface area contributed by atoms with Gasteiger partial charge in [0.05, 0.1) is 0 Å². The Balaban J connectivity index is -0.0000000413. The fraction of sp³-hybridized carbons (Fsp3) is 1.00. The number of rotatable bonds is 0. The summed E-state index contributed by atoms with van der Waals surface area (Å²) in [6, 6.07) is 0. The Morgan fingerprint density at radius 3 is 0.458 bits per heavy atom. The molecule has 138 valence electrons. The predicted octanol–water partition coefficient (Wildman–Crippen LogP) is 5.90. The van der Waals surface area contributed by atoms with E-state index in [1.165, 1.54) is 15.6 Å². The summed E-state index contributed by atoms with van der Waals surface area (Å²) in [5.41, 5.74) is 0. The molecule has 0 N–H and O–H groups in total. The molecule has 0 spiro atoms. The van der Waals surface area contributed by atoms with Crippen LogP contribution in [0.4, 0.5) is 0 Å². The van der Waals surface area contributed by atoms with Gasteiger partial charge in [-0.3, -0.25) is 0 Å². The van der Waals surface area contributed by atoms with Crippen LogP contribution in [-0.2, 0) is 0 Å². The van der Waals surface area contributed by atoms with Gasteiger partial charge in [-0.15, -0.1) is 0 Å². The Bertz CT molecular complexity index is 130. The van der Waals surface area contributed by atoms with E-state index in [4.69, 9.17) is 0 Å². The first-order valence-electron chi connectivity index (χ1n) is 8.44. The Kier molecular flexibility index (Phi) is 50.2. The molecule has 24 heavy (non-hydrogen) atoms. The third kappa shape index (κ3) is 1200. The molecular formula is C18H42As3Ga3. The van der Waals surface area contributed by atoms with E-state index >= 15 is 0 Å². The second-order valence-corrected chi connectivity index (χ2v) is 22.9. The SMILES string of the molecule is CC[As].CC[As].CC[As].C[C](C)(C)[Ga].C[C](C)(C)[Ga].C[C](C)(C)[Ga]. The van der Waals surface area contributed by atoms with Gasteiger partial charge in [0.25, 0.3) is 0 Å². The van der Waals surface area contributed by atoms with Crippen molar-refractivity contribution in [2.24, 2.45) is 0 Å². The Hall–Kier alpha value is 3.58. The molecule has 0 aromatic carbocycles. The van der Waals surface area contributed by atoms with Gasteiger partial charge >= 0.3 is 217 Å². The van der Waals surface area contributed by atoms with Gasteiger partial charge in [0.1, 0.15) is 0 Å². The summed E-state index contributed by atoms with van der Waals surface area (Å²) in [5, 5.41) is 3.56. The minimum absolute atomic E-state index is 0.562. The van der Waals surface area contributed by atoms with Crippen molar-refractivity contribution < 1.29 is 0 Å². The molecule has 0 atom stereocenters. The zero-order valence-corrected chi connectivity index (χ0v) is 31.6. The van der Waals surface area contributed by atoms with Crippen molar-refractivity contribution in [1.29, 1.82) is 0 Å². The molecule has 0 aromatic heterocycles. The summed E-state index contributed by atoms with van der Waals surface area (Å²) in [4.78, 5) is 0. The van der Waals surface area contributed by atoms with Crippen molar-refractivity contribution in [2.75, 3.05) is 0 Å². The van der Waals surface area contributed by atoms with Gasteiger partial charge in [0, 0.05) is 0 Å². The van der Waals surface area contributed by atoms with Crippen molar-refractivity contribution in [3.63, 3.8) is 0 Å². The second kappa shape index (κ2) is 28.8. The minimum atomic E-state index is 0.562. The molecular weight excluding hydrogens is 650 g/mol. The van der Waals surface area contributed by atoms with E-state index < -0.39 is 0 Å². The van der Waals surface area contributed by atoms with E-state index in [0.717, 1.165) is 0 Å². The first kappa shape index (κ1) is 41.8. The average molecular weight is 692 g/mol. The van der Waals surface area contributed by atoms with E-state index in [1.54, 1.807) is 55.8 Å². The van der Waals surface area contributed by atoms with Crippen molar-refractivity contribution in [3.8, 4) is 0 Å². The van der Waals surface area contributed by atoms with Crippen LogP contribution in [0.25, 0.3) is 0 Å². The molecule has 0 aliphatic heterocycles. The summed E-state index contributed by atoms with van der Waals surface area (Å²) in [6.07, 6.45) is 0. The number of hydrogen-bond donors (Lipinski definition) is 0. The van der Waals surface area contributed by atoms with E-state index in [9.17, 15) is 0 Å². The van der Waals surface area contributed by atoms with Crippen LogP contribution in [-0.4, -0.2) is 106 Å². The summed E-state index contributed by atoms with van der Waals surface area (Å²) in [6.45, 7) is 26.2. The number of hydrogen-bond acceptors (Lipinski definition) is 0. The average Bonchev–Trinajstić information content (AvgIpc) is 2.10. The monoisotopic (exact) mass is 690 g/mol.